The summed E-state index contributed by atoms with van der Waals surface area (Å²) in [5, 5.41) is 2.16. The van der Waals surface area contributed by atoms with Crippen LogP contribution in [0.15, 0.2) is 41.2 Å². The van der Waals surface area contributed by atoms with E-state index in [1.54, 1.807) is 11.3 Å². The van der Waals surface area contributed by atoms with Crippen molar-refractivity contribution in [1.82, 2.24) is 0 Å². The second-order valence-electron chi connectivity index (χ2n) is 3.10. The van der Waals surface area contributed by atoms with Crippen molar-refractivity contribution in [1.29, 1.82) is 0 Å². The summed E-state index contributed by atoms with van der Waals surface area (Å²) in [5.41, 5.74) is 4.66. The summed E-state index contributed by atoms with van der Waals surface area (Å²) in [5.74, 6) is 0. The van der Waals surface area contributed by atoms with E-state index in [4.69, 9.17) is 18.6 Å². The topological polar surface area (TPSA) is 96.1 Å². The highest BCUT2D eigenvalue weighted by molar-refractivity contribution is 7.07. The standard InChI is InChI=1S/C10H10NS.ClHO4/c1-11-8-12-7-10(11)9-5-3-2-4-6-9;2-1(3,4)5/h2-8H,1H3;(H,2,3,4,5)/q+1;/p-1. The van der Waals surface area contributed by atoms with Gasteiger partial charge in [-0.1, -0.05) is 29.5 Å². The van der Waals surface area contributed by atoms with Crippen LogP contribution < -0.4 is 23.2 Å². The molecular formula is C10H10ClNO4S. The van der Waals surface area contributed by atoms with E-state index in [-0.39, 0.29) is 0 Å². The minimum atomic E-state index is -4.94. The van der Waals surface area contributed by atoms with Crippen LogP contribution in [-0.4, -0.2) is 0 Å². The molecule has 0 saturated heterocycles. The molecule has 0 radical (unpaired) electrons. The van der Waals surface area contributed by atoms with Crippen LogP contribution in [0.1, 0.15) is 0 Å². The van der Waals surface area contributed by atoms with Crippen molar-refractivity contribution in [2.45, 2.75) is 0 Å². The lowest BCUT2D eigenvalue weighted by molar-refractivity contribution is -2.00. The lowest BCUT2D eigenvalue weighted by Crippen LogP contribution is -2.68. The number of thiazole rings is 1. The van der Waals surface area contributed by atoms with Crippen LogP contribution in [0.5, 0.6) is 0 Å². The van der Waals surface area contributed by atoms with Crippen molar-refractivity contribution in [2.24, 2.45) is 7.05 Å². The Labute approximate surface area is 105 Å². The summed E-state index contributed by atoms with van der Waals surface area (Å²) in [6.45, 7) is 0. The number of halogens is 1. The van der Waals surface area contributed by atoms with Gasteiger partial charge in [-0.3, -0.25) is 0 Å². The van der Waals surface area contributed by atoms with Gasteiger partial charge in [-0.15, -0.1) is 10.2 Å². The monoisotopic (exact) mass is 275 g/mol. The molecule has 0 spiro atoms. The first kappa shape index (κ1) is 14.0. The largest absolute Gasteiger partial charge is 0.224 e. The third-order valence-corrected chi connectivity index (χ3v) is 2.65. The minimum Gasteiger partial charge on any atom is -0.222 e. The predicted molar refractivity (Wildman–Crippen MR) is 50.9 cm³/mol. The van der Waals surface area contributed by atoms with Crippen molar-refractivity contribution in [3.63, 3.8) is 0 Å². The fourth-order valence-electron chi connectivity index (χ4n) is 1.21. The van der Waals surface area contributed by atoms with Gasteiger partial charge in [0.05, 0.1) is 5.38 Å². The van der Waals surface area contributed by atoms with E-state index in [0.717, 1.165) is 0 Å². The number of aromatic nitrogens is 1. The third-order valence-electron chi connectivity index (χ3n) is 1.85. The summed E-state index contributed by atoms with van der Waals surface area (Å²) in [7, 11) is -2.88. The molecule has 0 atom stereocenters. The predicted octanol–water partition coefficient (Wildman–Crippen LogP) is -2.52. The van der Waals surface area contributed by atoms with E-state index in [9.17, 15) is 0 Å². The second kappa shape index (κ2) is 6.06. The van der Waals surface area contributed by atoms with E-state index in [2.05, 4.69) is 46.8 Å². The Balaban J connectivity index is 0.000000249. The zero-order chi connectivity index (χ0) is 12.9. The summed E-state index contributed by atoms with van der Waals surface area (Å²) >= 11 is 1.72. The Morgan fingerprint density at radius 1 is 1.06 bits per heavy atom. The molecule has 92 valence electrons. The first-order valence-electron chi connectivity index (χ1n) is 4.47. The molecule has 0 unspecified atom stereocenters. The van der Waals surface area contributed by atoms with E-state index in [1.807, 2.05) is 6.07 Å². The van der Waals surface area contributed by atoms with Crippen molar-refractivity contribution in [2.75, 3.05) is 0 Å². The minimum absolute atomic E-state index is 1.28. The highest BCUT2D eigenvalue weighted by Gasteiger charge is 2.08. The molecular weight excluding hydrogens is 266 g/mol. The van der Waals surface area contributed by atoms with Crippen LogP contribution in [0.4, 0.5) is 0 Å². The molecule has 0 fully saturated rings. The molecule has 0 amide bonds. The average molecular weight is 276 g/mol. The van der Waals surface area contributed by atoms with Gasteiger partial charge in [-0.25, -0.2) is 18.6 Å². The van der Waals surface area contributed by atoms with Gasteiger partial charge in [0.15, 0.2) is 0 Å². The van der Waals surface area contributed by atoms with Gasteiger partial charge in [-0.05, 0) is 12.1 Å². The Morgan fingerprint density at radius 2 is 1.59 bits per heavy atom. The van der Waals surface area contributed by atoms with E-state index >= 15 is 0 Å². The fraction of sp³-hybridized carbons (Fsp3) is 0.100. The summed E-state index contributed by atoms with van der Waals surface area (Å²) < 4.78 is 36.1. The lowest BCUT2D eigenvalue weighted by atomic mass is 10.2. The highest BCUT2D eigenvalue weighted by atomic mass is 35.7. The molecule has 0 N–H and O–H groups in total. The van der Waals surface area contributed by atoms with Crippen molar-refractivity contribution >= 4 is 11.3 Å². The summed E-state index contributed by atoms with van der Waals surface area (Å²) in [4.78, 5) is 0. The quantitative estimate of drug-likeness (QED) is 0.537. The number of rotatable bonds is 1. The van der Waals surface area contributed by atoms with Gasteiger partial charge < -0.3 is 0 Å². The maximum Gasteiger partial charge on any atom is 0.224 e. The highest BCUT2D eigenvalue weighted by Crippen LogP contribution is 2.15. The Kier molecular flexibility index (Phi) is 5.01. The molecule has 0 aliphatic heterocycles. The number of hydrogen-bond donors (Lipinski definition) is 0. The molecule has 17 heavy (non-hydrogen) atoms. The van der Waals surface area contributed by atoms with E-state index in [0.29, 0.717) is 0 Å². The van der Waals surface area contributed by atoms with E-state index < -0.39 is 10.2 Å². The number of nitrogens with zero attached hydrogens (tertiary/aromatic N) is 1. The number of benzene rings is 1. The molecule has 2 rings (SSSR count). The van der Waals surface area contributed by atoms with Crippen LogP contribution >= 0.6 is 11.3 Å². The Hall–Kier alpha value is -1.02. The maximum atomic E-state index is 8.49. The van der Waals surface area contributed by atoms with Gasteiger partial charge >= 0.3 is 0 Å². The SMILES string of the molecule is C[n+]1cscc1-c1ccccc1.[O-][Cl+3]([O-])([O-])[O-]. The normalized spacial score (nSPS) is 10.6. The lowest BCUT2D eigenvalue weighted by Gasteiger charge is -2.17. The molecule has 0 bridgehead atoms. The fourth-order valence-corrected chi connectivity index (χ4v) is 1.99. The van der Waals surface area contributed by atoms with Gasteiger partial charge in [0.2, 0.25) is 11.2 Å². The van der Waals surface area contributed by atoms with Crippen LogP contribution in [0, 0.1) is 10.2 Å². The van der Waals surface area contributed by atoms with Crippen LogP contribution in [0.3, 0.4) is 0 Å². The van der Waals surface area contributed by atoms with Crippen LogP contribution in [-0.2, 0) is 7.05 Å². The number of aryl methyl sites for hydroxylation is 1. The molecule has 1 heterocycles. The van der Waals surface area contributed by atoms with Gasteiger partial charge in [0, 0.05) is 5.56 Å². The molecule has 0 aliphatic rings. The van der Waals surface area contributed by atoms with Crippen molar-refractivity contribution in [3.05, 3.63) is 41.2 Å². The zero-order valence-corrected chi connectivity index (χ0v) is 10.5. The third kappa shape index (κ3) is 5.73. The molecule has 1 aromatic carbocycles. The van der Waals surface area contributed by atoms with Crippen molar-refractivity contribution < 1.29 is 33.4 Å². The molecule has 5 nitrogen and oxygen atoms in total. The Morgan fingerprint density at radius 3 is 2.00 bits per heavy atom. The summed E-state index contributed by atoms with van der Waals surface area (Å²) in [6.07, 6.45) is 0. The second-order valence-corrected chi connectivity index (χ2v) is 4.57. The van der Waals surface area contributed by atoms with Crippen LogP contribution in [0.2, 0.25) is 0 Å². The molecule has 0 aliphatic carbocycles. The first-order chi connectivity index (χ1) is 7.88. The molecule has 2 aromatic rings. The van der Waals surface area contributed by atoms with Crippen LogP contribution in [0.25, 0.3) is 11.3 Å². The first-order valence-corrected chi connectivity index (χ1v) is 6.64. The van der Waals surface area contributed by atoms with Gasteiger partial charge in [0.1, 0.15) is 7.05 Å². The smallest absolute Gasteiger partial charge is 0.222 e. The van der Waals surface area contributed by atoms with Gasteiger partial charge in [-0.2, -0.15) is 4.57 Å². The average Bonchev–Trinajstić information content (AvgIpc) is 2.63. The van der Waals surface area contributed by atoms with Crippen molar-refractivity contribution in [3.8, 4) is 11.3 Å². The van der Waals surface area contributed by atoms with E-state index in [1.165, 1.54) is 11.3 Å². The zero-order valence-electron chi connectivity index (χ0n) is 8.91. The molecule has 0 saturated carbocycles. The molecule has 1 aromatic heterocycles. The number of hydrogen-bond acceptors (Lipinski definition) is 5. The van der Waals surface area contributed by atoms with Gasteiger partial charge in [0.25, 0.3) is 0 Å². The Bertz CT molecular complexity index is 449. The molecule has 7 heteroatoms. The summed E-state index contributed by atoms with van der Waals surface area (Å²) in [6, 6.07) is 10.4. The maximum absolute atomic E-state index is 8.49.